The maximum atomic E-state index is 12.5. The van der Waals surface area contributed by atoms with Gasteiger partial charge in [-0.1, -0.05) is 48.6 Å². The van der Waals surface area contributed by atoms with E-state index in [1.807, 2.05) is 18.2 Å². The minimum atomic E-state index is -0.388. The molecule has 2 aromatic rings. The molecule has 1 aliphatic heterocycles. The maximum Gasteiger partial charge on any atom is 0.338 e. The molecule has 2 amide bonds. The van der Waals surface area contributed by atoms with Gasteiger partial charge in [0.2, 0.25) is 0 Å². The number of anilines is 1. The van der Waals surface area contributed by atoms with Gasteiger partial charge in [-0.2, -0.15) is 0 Å². The molecule has 29 heavy (non-hydrogen) atoms. The second-order valence-electron chi connectivity index (χ2n) is 6.83. The Hall–Kier alpha value is -3.12. The van der Waals surface area contributed by atoms with E-state index in [4.69, 9.17) is 4.74 Å². The fourth-order valence-corrected chi connectivity index (χ4v) is 3.18. The van der Waals surface area contributed by atoms with Crippen molar-refractivity contribution in [3.63, 3.8) is 0 Å². The number of amides is 2. The number of hydrogen-bond acceptors (Lipinski definition) is 4. The zero-order valence-electron chi connectivity index (χ0n) is 16.7. The number of piperazine rings is 1. The van der Waals surface area contributed by atoms with Gasteiger partial charge in [0.25, 0.3) is 0 Å². The molecule has 1 aliphatic rings. The minimum Gasteiger partial charge on any atom is -0.462 e. The SMILES string of the molecule is CCOC(=O)c1cccc(NC(=O)N2CCN(CC=Cc3ccccc3)CC2)c1. The minimum absolute atomic E-state index is 0.148. The van der Waals surface area contributed by atoms with Crippen molar-refractivity contribution >= 4 is 23.8 Å². The van der Waals surface area contributed by atoms with Crippen molar-refractivity contribution in [1.29, 1.82) is 0 Å². The smallest absolute Gasteiger partial charge is 0.338 e. The van der Waals surface area contributed by atoms with Crippen molar-refractivity contribution < 1.29 is 14.3 Å². The number of urea groups is 1. The van der Waals surface area contributed by atoms with E-state index in [9.17, 15) is 9.59 Å². The lowest BCUT2D eigenvalue weighted by Gasteiger charge is -2.34. The number of carbonyl (C=O) groups is 2. The largest absolute Gasteiger partial charge is 0.462 e. The Kier molecular flexibility index (Phi) is 7.41. The second kappa shape index (κ2) is 10.4. The van der Waals surface area contributed by atoms with Crippen LogP contribution >= 0.6 is 0 Å². The summed E-state index contributed by atoms with van der Waals surface area (Å²) in [6.45, 7) is 5.95. The topological polar surface area (TPSA) is 61.9 Å². The number of rotatable bonds is 6. The van der Waals surface area contributed by atoms with Crippen molar-refractivity contribution in [2.45, 2.75) is 6.92 Å². The quantitative estimate of drug-likeness (QED) is 0.760. The Morgan fingerprint density at radius 2 is 1.79 bits per heavy atom. The summed E-state index contributed by atoms with van der Waals surface area (Å²) in [5.41, 5.74) is 2.21. The van der Waals surface area contributed by atoms with Crippen LogP contribution in [0.5, 0.6) is 0 Å². The molecule has 6 nitrogen and oxygen atoms in total. The van der Waals surface area contributed by atoms with E-state index < -0.39 is 0 Å². The van der Waals surface area contributed by atoms with Crippen LogP contribution in [-0.2, 0) is 4.74 Å². The first-order chi connectivity index (χ1) is 14.2. The summed E-state index contributed by atoms with van der Waals surface area (Å²) in [6.07, 6.45) is 4.28. The predicted octanol–water partition coefficient (Wildman–Crippen LogP) is 3.73. The molecule has 0 radical (unpaired) electrons. The van der Waals surface area contributed by atoms with Crippen LogP contribution in [0.25, 0.3) is 6.08 Å². The van der Waals surface area contributed by atoms with Crippen LogP contribution in [-0.4, -0.2) is 61.1 Å². The number of benzene rings is 2. The molecule has 0 bridgehead atoms. The highest BCUT2D eigenvalue weighted by atomic mass is 16.5. The van der Waals surface area contributed by atoms with Gasteiger partial charge in [-0.25, -0.2) is 9.59 Å². The summed E-state index contributed by atoms with van der Waals surface area (Å²) in [4.78, 5) is 28.5. The first kappa shape index (κ1) is 20.6. The van der Waals surface area contributed by atoms with Crippen molar-refractivity contribution in [3.05, 3.63) is 71.8 Å². The average Bonchev–Trinajstić information content (AvgIpc) is 2.75. The highest BCUT2D eigenvalue weighted by molar-refractivity contribution is 5.94. The monoisotopic (exact) mass is 393 g/mol. The van der Waals surface area contributed by atoms with E-state index in [2.05, 4.69) is 34.5 Å². The van der Waals surface area contributed by atoms with Crippen LogP contribution in [0.2, 0.25) is 0 Å². The van der Waals surface area contributed by atoms with Crippen LogP contribution in [0.15, 0.2) is 60.7 Å². The van der Waals surface area contributed by atoms with Gasteiger partial charge in [0.05, 0.1) is 12.2 Å². The van der Waals surface area contributed by atoms with E-state index in [1.54, 1.807) is 36.1 Å². The highest BCUT2D eigenvalue weighted by Crippen LogP contribution is 2.13. The fourth-order valence-electron chi connectivity index (χ4n) is 3.18. The Morgan fingerprint density at radius 1 is 1.03 bits per heavy atom. The Bertz CT molecular complexity index is 843. The molecule has 0 aromatic heterocycles. The molecule has 0 atom stereocenters. The number of ether oxygens (including phenoxy) is 1. The van der Waals surface area contributed by atoms with Crippen LogP contribution in [0, 0.1) is 0 Å². The summed E-state index contributed by atoms with van der Waals surface area (Å²) < 4.78 is 5.00. The van der Waals surface area contributed by atoms with Crippen LogP contribution in [0.3, 0.4) is 0 Å². The summed E-state index contributed by atoms with van der Waals surface area (Å²) >= 11 is 0. The molecule has 1 heterocycles. The molecule has 152 valence electrons. The number of nitrogens with one attached hydrogen (secondary N) is 1. The Morgan fingerprint density at radius 3 is 2.52 bits per heavy atom. The van der Waals surface area contributed by atoms with Crippen LogP contribution in [0.4, 0.5) is 10.5 Å². The maximum absolute atomic E-state index is 12.5. The third kappa shape index (κ3) is 6.19. The van der Waals surface area contributed by atoms with E-state index >= 15 is 0 Å². The zero-order chi connectivity index (χ0) is 20.5. The lowest BCUT2D eigenvalue weighted by Crippen LogP contribution is -2.49. The molecule has 1 fully saturated rings. The summed E-state index contributed by atoms with van der Waals surface area (Å²) in [6, 6.07) is 16.9. The molecule has 0 unspecified atom stereocenters. The van der Waals surface area contributed by atoms with Gasteiger partial charge >= 0.3 is 12.0 Å². The van der Waals surface area contributed by atoms with Gasteiger partial charge in [0.15, 0.2) is 0 Å². The first-order valence-electron chi connectivity index (χ1n) is 9.93. The predicted molar refractivity (Wildman–Crippen MR) is 115 cm³/mol. The van der Waals surface area contributed by atoms with Crippen molar-refractivity contribution in [2.24, 2.45) is 0 Å². The molecule has 0 saturated carbocycles. The van der Waals surface area contributed by atoms with Gasteiger partial charge in [-0.15, -0.1) is 0 Å². The van der Waals surface area contributed by atoms with Gasteiger partial charge in [-0.3, -0.25) is 4.90 Å². The second-order valence-corrected chi connectivity index (χ2v) is 6.83. The van der Waals surface area contributed by atoms with Crippen LogP contribution in [0.1, 0.15) is 22.8 Å². The number of carbonyl (C=O) groups excluding carboxylic acids is 2. The summed E-state index contributed by atoms with van der Waals surface area (Å²) in [7, 11) is 0. The first-order valence-corrected chi connectivity index (χ1v) is 9.93. The van der Waals surface area contributed by atoms with E-state index in [0.717, 1.165) is 19.6 Å². The molecule has 0 aliphatic carbocycles. The van der Waals surface area contributed by atoms with Gasteiger partial charge in [0, 0.05) is 38.4 Å². The molecule has 0 spiro atoms. The molecule has 6 heteroatoms. The van der Waals surface area contributed by atoms with Gasteiger partial charge < -0.3 is 15.0 Å². The van der Waals surface area contributed by atoms with E-state index in [1.165, 1.54) is 5.56 Å². The lowest BCUT2D eigenvalue weighted by molar-refractivity contribution is 0.0526. The molecule has 3 rings (SSSR count). The highest BCUT2D eigenvalue weighted by Gasteiger charge is 2.20. The Balaban J connectivity index is 1.46. The van der Waals surface area contributed by atoms with E-state index in [0.29, 0.717) is 30.9 Å². The standard InChI is InChI=1S/C23H27N3O3/c1-2-29-22(27)20-11-6-12-21(18-20)24-23(28)26-16-14-25(15-17-26)13-7-10-19-8-4-3-5-9-19/h3-12,18H,2,13-17H2,1H3,(H,24,28). The van der Waals surface area contributed by atoms with Crippen molar-refractivity contribution in [1.82, 2.24) is 9.80 Å². The van der Waals surface area contributed by atoms with Crippen molar-refractivity contribution in [2.75, 3.05) is 44.6 Å². The summed E-state index contributed by atoms with van der Waals surface area (Å²) in [5.74, 6) is -0.388. The molecular formula is C23H27N3O3. The third-order valence-corrected chi connectivity index (χ3v) is 4.76. The van der Waals surface area contributed by atoms with Crippen molar-refractivity contribution in [3.8, 4) is 0 Å². The zero-order valence-corrected chi connectivity index (χ0v) is 16.7. The normalized spacial score (nSPS) is 14.7. The molecule has 2 aromatic carbocycles. The molecule has 1 N–H and O–H groups in total. The number of esters is 1. The lowest BCUT2D eigenvalue weighted by atomic mass is 10.2. The average molecular weight is 393 g/mol. The molecular weight excluding hydrogens is 366 g/mol. The number of hydrogen-bond donors (Lipinski definition) is 1. The third-order valence-electron chi connectivity index (χ3n) is 4.76. The Labute approximate surface area is 171 Å². The van der Waals surface area contributed by atoms with Gasteiger partial charge in [0.1, 0.15) is 0 Å². The van der Waals surface area contributed by atoms with E-state index in [-0.39, 0.29) is 12.0 Å². The van der Waals surface area contributed by atoms with Gasteiger partial charge in [-0.05, 0) is 30.7 Å². The summed E-state index contributed by atoms with van der Waals surface area (Å²) in [5, 5.41) is 2.88. The fraction of sp³-hybridized carbons (Fsp3) is 0.304. The van der Waals surface area contributed by atoms with Crippen LogP contribution < -0.4 is 5.32 Å². The number of nitrogens with zero attached hydrogens (tertiary/aromatic N) is 2. The molecule has 1 saturated heterocycles.